The molecule has 25 heavy (non-hydrogen) atoms. The highest BCUT2D eigenvalue weighted by molar-refractivity contribution is 6.04. The summed E-state index contributed by atoms with van der Waals surface area (Å²) in [4.78, 5) is 34.2. The van der Waals surface area contributed by atoms with Crippen molar-refractivity contribution in [2.24, 2.45) is 0 Å². The summed E-state index contributed by atoms with van der Waals surface area (Å²) in [5, 5.41) is 5.38. The van der Waals surface area contributed by atoms with E-state index in [1.807, 2.05) is 0 Å². The standard InChI is InChI=1S/C18H18N2O5/c1-12(21)19-14-5-3-13(4-6-14)18(23)20-15-7-9-16(10-8-15)25-11-17(22)24-2/h3-10H,11H2,1-2H3,(H,19,21)(H,20,23). The van der Waals surface area contributed by atoms with E-state index in [2.05, 4.69) is 15.4 Å². The van der Waals surface area contributed by atoms with Gasteiger partial charge in [-0.3, -0.25) is 9.59 Å². The lowest BCUT2D eigenvalue weighted by atomic mass is 10.2. The second kappa shape index (κ2) is 8.49. The van der Waals surface area contributed by atoms with Gasteiger partial charge in [0.25, 0.3) is 5.91 Å². The molecule has 0 aliphatic heterocycles. The van der Waals surface area contributed by atoms with Crippen LogP contribution in [0.2, 0.25) is 0 Å². The molecule has 2 aromatic carbocycles. The number of ether oxygens (including phenoxy) is 2. The van der Waals surface area contributed by atoms with Crippen LogP contribution in [0.4, 0.5) is 11.4 Å². The number of benzene rings is 2. The molecule has 130 valence electrons. The molecule has 2 amide bonds. The fourth-order valence-corrected chi connectivity index (χ4v) is 1.95. The molecule has 0 unspecified atom stereocenters. The molecular formula is C18H18N2O5. The molecule has 0 fully saturated rings. The van der Waals surface area contributed by atoms with E-state index in [0.717, 1.165) is 0 Å². The maximum atomic E-state index is 12.2. The van der Waals surface area contributed by atoms with E-state index in [9.17, 15) is 14.4 Å². The Bertz CT molecular complexity index is 754. The molecule has 0 saturated carbocycles. The number of carbonyl (C=O) groups is 3. The van der Waals surface area contributed by atoms with Gasteiger partial charge in [0.1, 0.15) is 5.75 Å². The molecule has 7 heteroatoms. The number of hydrogen-bond acceptors (Lipinski definition) is 5. The van der Waals surface area contributed by atoms with Crippen LogP contribution >= 0.6 is 0 Å². The second-order valence-corrected chi connectivity index (χ2v) is 5.10. The van der Waals surface area contributed by atoms with Gasteiger partial charge in [-0.05, 0) is 48.5 Å². The average molecular weight is 342 g/mol. The third-order valence-corrected chi connectivity index (χ3v) is 3.16. The summed E-state index contributed by atoms with van der Waals surface area (Å²) in [6.07, 6.45) is 0. The van der Waals surface area contributed by atoms with Gasteiger partial charge >= 0.3 is 5.97 Å². The minimum atomic E-state index is -0.472. The van der Waals surface area contributed by atoms with Crippen molar-refractivity contribution in [2.45, 2.75) is 6.92 Å². The number of hydrogen-bond donors (Lipinski definition) is 2. The number of nitrogens with one attached hydrogen (secondary N) is 2. The maximum Gasteiger partial charge on any atom is 0.343 e. The first-order valence-electron chi connectivity index (χ1n) is 7.46. The van der Waals surface area contributed by atoms with Crippen LogP contribution in [-0.2, 0) is 14.3 Å². The molecule has 0 saturated heterocycles. The number of anilines is 2. The molecule has 0 bridgehead atoms. The lowest BCUT2D eigenvalue weighted by molar-refractivity contribution is -0.142. The van der Waals surface area contributed by atoms with Crippen LogP contribution in [0, 0.1) is 0 Å². The number of rotatable bonds is 6. The zero-order chi connectivity index (χ0) is 18.2. The fraction of sp³-hybridized carbons (Fsp3) is 0.167. The van der Waals surface area contributed by atoms with Crippen LogP contribution in [0.1, 0.15) is 17.3 Å². The molecule has 0 aliphatic carbocycles. The third-order valence-electron chi connectivity index (χ3n) is 3.16. The number of methoxy groups -OCH3 is 1. The van der Waals surface area contributed by atoms with Crippen molar-refractivity contribution in [1.82, 2.24) is 0 Å². The first-order chi connectivity index (χ1) is 12.0. The zero-order valence-corrected chi connectivity index (χ0v) is 13.9. The maximum absolute atomic E-state index is 12.2. The van der Waals surface area contributed by atoms with Gasteiger partial charge in [-0.15, -0.1) is 0 Å². The van der Waals surface area contributed by atoms with Gasteiger partial charge in [-0.1, -0.05) is 0 Å². The van der Waals surface area contributed by atoms with Crippen LogP contribution in [-0.4, -0.2) is 31.5 Å². The Morgan fingerprint density at radius 1 is 0.880 bits per heavy atom. The van der Waals surface area contributed by atoms with E-state index in [1.54, 1.807) is 48.5 Å². The highest BCUT2D eigenvalue weighted by Gasteiger charge is 2.07. The molecule has 2 rings (SSSR count). The lowest BCUT2D eigenvalue weighted by Gasteiger charge is -2.08. The van der Waals surface area contributed by atoms with Crippen LogP contribution in [0.25, 0.3) is 0 Å². The summed E-state index contributed by atoms with van der Waals surface area (Å²) >= 11 is 0. The topological polar surface area (TPSA) is 93.7 Å². The third kappa shape index (κ3) is 5.65. The fourth-order valence-electron chi connectivity index (χ4n) is 1.95. The molecule has 0 radical (unpaired) electrons. The predicted molar refractivity (Wildman–Crippen MR) is 92.7 cm³/mol. The quantitative estimate of drug-likeness (QED) is 0.787. The number of esters is 1. The molecule has 0 atom stereocenters. The van der Waals surface area contributed by atoms with Gasteiger partial charge in [0, 0.05) is 23.9 Å². The summed E-state index contributed by atoms with van der Waals surface area (Å²) < 4.78 is 9.71. The Morgan fingerprint density at radius 3 is 2.00 bits per heavy atom. The van der Waals surface area contributed by atoms with Crippen LogP contribution in [0.15, 0.2) is 48.5 Å². The molecular weight excluding hydrogens is 324 g/mol. The molecule has 2 aromatic rings. The Morgan fingerprint density at radius 2 is 1.44 bits per heavy atom. The number of carbonyl (C=O) groups excluding carboxylic acids is 3. The molecule has 0 aliphatic rings. The van der Waals surface area contributed by atoms with Crippen LogP contribution < -0.4 is 15.4 Å². The monoisotopic (exact) mass is 342 g/mol. The lowest BCUT2D eigenvalue weighted by Crippen LogP contribution is -2.13. The smallest absolute Gasteiger partial charge is 0.343 e. The number of amides is 2. The van der Waals surface area contributed by atoms with Gasteiger partial charge in [-0.2, -0.15) is 0 Å². The van der Waals surface area contributed by atoms with Crippen LogP contribution in [0.3, 0.4) is 0 Å². The van der Waals surface area contributed by atoms with Gasteiger partial charge in [-0.25, -0.2) is 4.79 Å². The summed E-state index contributed by atoms with van der Waals surface area (Å²) in [6, 6.07) is 13.1. The Labute approximate surface area is 144 Å². The van der Waals surface area contributed by atoms with Gasteiger partial charge < -0.3 is 20.1 Å². The average Bonchev–Trinajstić information content (AvgIpc) is 2.61. The van der Waals surface area contributed by atoms with Crippen molar-refractivity contribution in [3.8, 4) is 5.75 Å². The van der Waals surface area contributed by atoms with Gasteiger partial charge in [0.05, 0.1) is 7.11 Å². The van der Waals surface area contributed by atoms with Crippen molar-refractivity contribution in [2.75, 3.05) is 24.4 Å². The molecule has 0 heterocycles. The van der Waals surface area contributed by atoms with E-state index in [0.29, 0.717) is 22.7 Å². The van der Waals surface area contributed by atoms with Crippen molar-refractivity contribution >= 4 is 29.2 Å². The molecule has 0 spiro atoms. The molecule has 0 aromatic heterocycles. The second-order valence-electron chi connectivity index (χ2n) is 5.10. The first kappa shape index (κ1) is 18.0. The summed E-state index contributed by atoms with van der Waals surface area (Å²) in [5.74, 6) is -0.438. The summed E-state index contributed by atoms with van der Waals surface area (Å²) in [6.45, 7) is 1.24. The summed E-state index contributed by atoms with van der Waals surface area (Å²) in [5.41, 5.74) is 1.66. The highest BCUT2D eigenvalue weighted by atomic mass is 16.6. The summed E-state index contributed by atoms with van der Waals surface area (Å²) in [7, 11) is 1.28. The van der Waals surface area contributed by atoms with Gasteiger partial charge in [0.15, 0.2) is 6.61 Å². The van der Waals surface area contributed by atoms with Crippen molar-refractivity contribution in [3.05, 3.63) is 54.1 Å². The Balaban J connectivity index is 1.93. The Hall–Kier alpha value is -3.35. The van der Waals surface area contributed by atoms with E-state index in [1.165, 1.54) is 14.0 Å². The predicted octanol–water partition coefficient (Wildman–Crippen LogP) is 2.45. The van der Waals surface area contributed by atoms with E-state index in [4.69, 9.17) is 4.74 Å². The SMILES string of the molecule is COC(=O)COc1ccc(NC(=O)c2ccc(NC(C)=O)cc2)cc1. The van der Waals surface area contributed by atoms with Crippen molar-refractivity contribution < 1.29 is 23.9 Å². The molecule has 2 N–H and O–H groups in total. The molecule has 7 nitrogen and oxygen atoms in total. The normalized spacial score (nSPS) is 9.84. The minimum Gasteiger partial charge on any atom is -0.482 e. The van der Waals surface area contributed by atoms with Crippen molar-refractivity contribution in [3.63, 3.8) is 0 Å². The van der Waals surface area contributed by atoms with E-state index in [-0.39, 0.29) is 18.4 Å². The largest absolute Gasteiger partial charge is 0.482 e. The van der Waals surface area contributed by atoms with Crippen molar-refractivity contribution in [1.29, 1.82) is 0 Å². The van der Waals surface area contributed by atoms with Gasteiger partial charge in [0.2, 0.25) is 5.91 Å². The minimum absolute atomic E-state index is 0.174. The van der Waals surface area contributed by atoms with Crippen LogP contribution in [0.5, 0.6) is 5.75 Å². The zero-order valence-electron chi connectivity index (χ0n) is 13.9. The Kier molecular flexibility index (Phi) is 6.11. The highest BCUT2D eigenvalue weighted by Crippen LogP contribution is 2.17. The van der Waals surface area contributed by atoms with E-state index < -0.39 is 5.97 Å². The van der Waals surface area contributed by atoms with E-state index >= 15 is 0 Å². The first-order valence-corrected chi connectivity index (χ1v) is 7.46.